The second-order valence-electron chi connectivity index (χ2n) is 6.98. The van der Waals surface area contributed by atoms with Crippen molar-refractivity contribution in [1.29, 1.82) is 0 Å². The molecule has 0 unspecified atom stereocenters. The van der Waals surface area contributed by atoms with Crippen LogP contribution in [-0.2, 0) is 14.8 Å². The number of carbonyl (C=O) groups excluding carboxylic acids is 1. The first kappa shape index (κ1) is 19.7. The third-order valence-electron chi connectivity index (χ3n) is 4.32. The molecule has 2 rings (SSSR count). The van der Waals surface area contributed by atoms with E-state index >= 15 is 0 Å². The van der Waals surface area contributed by atoms with Gasteiger partial charge in [0.15, 0.2) is 6.10 Å². The number of hydrogen-bond donors (Lipinski definition) is 1. The Balaban J connectivity index is 2.03. The topological polar surface area (TPSA) is 75.7 Å². The summed E-state index contributed by atoms with van der Waals surface area (Å²) in [6.07, 6.45) is 1.14. The first-order chi connectivity index (χ1) is 11.7. The number of ether oxygens (including phenoxy) is 1. The Bertz CT molecular complexity index is 678. The average molecular weight is 368 g/mol. The minimum Gasteiger partial charge on any atom is -0.481 e. The smallest absolute Gasteiger partial charge is 0.260 e. The van der Waals surface area contributed by atoms with Crippen LogP contribution in [-0.4, -0.2) is 43.9 Å². The number of piperidine rings is 1. The Morgan fingerprint density at radius 3 is 2.24 bits per heavy atom. The summed E-state index contributed by atoms with van der Waals surface area (Å²) < 4.78 is 32.5. The van der Waals surface area contributed by atoms with Crippen molar-refractivity contribution in [2.75, 3.05) is 13.1 Å². The van der Waals surface area contributed by atoms with Gasteiger partial charge in [0.05, 0.1) is 4.90 Å². The van der Waals surface area contributed by atoms with Gasteiger partial charge in [0, 0.05) is 19.1 Å². The molecule has 1 amide bonds. The zero-order valence-corrected chi connectivity index (χ0v) is 16.2. The molecule has 1 aromatic rings. The van der Waals surface area contributed by atoms with Gasteiger partial charge in [-0.2, -0.15) is 4.31 Å². The van der Waals surface area contributed by atoms with Crippen LogP contribution in [0.3, 0.4) is 0 Å². The molecule has 0 bridgehead atoms. The van der Waals surface area contributed by atoms with Gasteiger partial charge in [-0.15, -0.1) is 0 Å². The number of benzene rings is 1. The van der Waals surface area contributed by atoms with Crippen molar-refractivity contribution in [1.82, 2.24) is 9.62 Å². The van der Waals surface area contributed by atoms with Gasteiger partial charge in [0.1, 0.15) is 5.75 Å². The second-order valence-corrected chi connectivity index (χ2v) is 8.92. The summed E-state index contributed by atoms with van der Waals surface area (Å²) in [5, 5.41) is 2.78. The van der Waals surface area contributed by atoms with Crippen LogP contribution in [0.25, 0.3) is 0 Å². The van der Waals surface area contributed by atoms with Crippen molar-refractivity contribution in [2.45, 2.75) is 57.6 Å². The fourth-order valence-corrected chi connectivity index (χ4v) is 4.19. The normalized spacial score (nSPS) is 18.1. The lowest BCUT2D eigenvalue weighted by atomic mass is 10.0. The highest BCUT2D eigenvalue weighted by Crippen LogP contribution is 2.25. The van der Waals surface area contributed by atoms with Crippen LogP contribution in [0.4, 0.5) is 0 Å². The largest absolute Gasteiger partial charge is 0.481 e. The van der Waals surface area contributed by atoms with Crippen molar-refractivity contribution in [2.24, 2.45) is 5.92 Å². The van der Waals surface area contributed by atoms with Crippen LogP contribution < -0.4 is 10.1 Å². The monoisotopic (exact) mass is 368 g/mol. The highest BCUT2D eigenvalue weighted by molar-refractivity contribution is 7.89. The molecule has 7 heteroatoms. The molecule has 1 aromatic carbocycles. The lowest BCUT2D eigenvalue weighted by molar-refractivity contribution is -0.127. The maximum Gasteiger partial charge on any atom is 0.260 e. The summed E-state index contributed by atoms with van der Waals surface area (Å²) in [5.41, 5.74) is 0. The van der Waals surface area contributed by atoms with Gasteiger partial charge in [0.25, 0.3) is 5.91 Å². The molecule has 25 heavy (non-hydrogen) atoms. The van der Waals surface area contributed by atoms with Crippen molar-refractivity contribution >= 4 is 15.9 Å². The third-order valence-corrected chi connectivity index (χ3v) is 6.23. The summed E-state index contributed by atoms with van der Waals surface area (Å²) in [5.74, 6) is 0.840. The van der Waals surface area contributed by atoms with Gasteiger partial charge in [0.2, 0.25) is 10.0 Å². The molecule has 0 aromatic heterocycles. The average Bonchev–Trinajstić information content (AvgIpc) is 2.55. The number of hydrogen-bond acceptors (Lipinski definition) is 4. The van der Waals surface area contributed by atoms with Crippen molar-refractivity contribution in [3.8, 4) is 5.75 Å². The Morgan fingerprint density at radius 1 is 1.16 bits per heavy atom. The fraction of sp³-hybridized carbons (Fsp3) is 0.611. The lowest BCUT2D eigenvalue weighted by Gasteiger charge is -2.29. The number of rotatable bonds is 6. The Labute approximate surface area is 150 Å². The quantitative estimate of drug-likeness (QED) is 0.837. The number of sulfonamides is 1. The van der Waals surface area contributed by atoms with Crippen molar-refractivity contribution in [3.63, 3.8) is 0 Å². The molecule has 1 heterocycles. The van der Waals surface area contributed by atoms with Crippen LogP contribution >= 0.6 is 0 Å². The Hall–Kier alpha value is -1.60. The van der Waals surface area contributed by atoms with E-state index in [-0.39, 0.29) is 16.8 Å². The molecule has 1 aliphatic heterocycles. The SMILES string of the molecule is CC1CCN(S(=O)(=O)c2ccc(O[C@H](C)C(=O)NC(C)C)cc2)CC1. The molecule has 1 atom stereocenters. The maximum atomic E-state index is 12.7. The number of nitrogens with zero attached hydrogens (tertiary/aromatic N) is 1. The summed E-state index contributed by atoms with van der Waals surface area (Å²) in [7, 11) is -3.46. The van der Waals surface area contributed by atoms with E-state index in [2.05, 4.69) is 12.2 Å². The lowest BCUT2D eigenvalue weighted by Crippen LogP contribution is -2.40. The first-order valence-electron chi connectivity index (χ1n) is 8.77. The van der Waals surface area contributed by atoms with Crippen LogP contribution in [0.1, 0.15) is 40.5 Å². The van der Waals surface area contributed by atoms with E-state index in [1.807, 2.05) is 13.8 Å². The van der Waals surface area contributed by atoms with Crippen LogP contribution in [0.15, 0.2) is 29.2 Å². The molecule has 1 N–H and O–H groups in total. The maximum absolute atomic E-state index is 12.7. The van der Waals surface area contributed by atoms with Gasteiger partial charge < -0.3 is 10.1 Å². The number of amides is 1. The molecular weight excluding hydrogens is 340 g/mol. The standard InChI is InChI=1S/C18H28N2O4S/c1-13(2)19-18(21)15(4)24-16-5-7-17(8-6-16)25(22,23)20-11-9-14(3)10-12-20/h5-8,13-15H,9-12H2,1-4H3,(H,19,21)/t15-/m1/s1. The molecule has 6 nitrogen and oxygen atoms in total. The minimum atomic E-state index is -3.46. The van der Waals surface area contributed by atoms with E-state index in [0.29, 0.717) is 24.8 Å². The Kier molecular flexibility index (Phi) is 6.46. The summed E-state index contributed by atoms with van der Waals surface area (Å²) in [6.45, 7) is 8.70. The van der Waals surface area contributed by atoms with Crippen LogP contribution in [0.5, 0.6) is 5.75 Å². The molecule has 0 spiro atoms. The summed E-state index contributed by atoms with van der Waals surface area (Å²) in [6, 6.07) is 6.31. The summed E-state index contributed by atoms with van der Waals surface area (Å²) in [4.78, 5) is 12.1. The van der Waals surface area contributed by atoms with E-state index in [1.54, 1.807) is 23.4 Å². The summed E-state index contributed by atoms with van der Waals surface area (Å²) >= 11 is 0. The molecule has 140 valence electrons. The van der Waals surface area contributed by atoms with E-state index in [0.717, 1.165) is 12.8 Å². The van der Waals surface area contributed by atoms with Gasteiger partial charge in [-0.25, -0.2) is 8.42 Å². The van der Waals surface area contributed by atoms with Crippen LogP contribution in [0.2, 0.25) is 0 Å². The molecule has 0 radical (unpaired) electrons. The van der Waals surface area contributed by atoms with Gasteiger partial charge in [-0.3, -0.25) is 4.79 Å². The van der Waals surface area contributed by atoms with Gasteiger partial charge >= 0.3 is 0 Å². The third kappa shape index (κ3) is 5.19. The van der Waals surface area contributed by atoms with E-state index in [1.165, 1.54) is 12.1 Å². The predicted molar refractivity (Wildman–Crippen MR) is 97.0 cm³/mol. The zero-order chi connectivity index (χ0) is 18.6. The molecule has 0 saturated carbocycles. The highest BCUT2D eigenvalue weighted by atomic mass is 32.2. The van der Waals surface area contributed by atoms with Crippen molar-refractivity contribution < 1.29 is 17.9 Å². The molecule has 1 saturated heterocycles. The minimum absolute atomic E-state index is 0.0401. The van der Waals surface area contributed by atoms with Crippen LogP contribution in [0, 0.1) is 5.92 Å². The van der Waals surface area contributed by atoms with Gasteiger partial charge in [-0.1, -0.05) is 6.92 Å². The molecular formula is C18H28N2O4S. The van der Waals surface area contributed by atoms with E-state index in [9.17, 15) is 13.2 Å². The fourth-order valence-electron chi connectivity index (χ4n) is 2.72. The molecule has 1 aliphatic rings. The van der Waals surface area contributed by atoms with Crippen molar-refractivity contribution in [3.05, 3.63) is 24.3 Å². The number of nitrogens with one attached hydrogen (secondary N) is 1. The molecule has 0 aliphatic carbocycles. The molecule has 1 fully saturated rings. The van der Waals surface area contributed by atoms with Gasteiger partial charge in [-0.05, 0) is 63.8 Å². The zero-order valence-electron chi connectivity index (χ0n) is 15.4. The first-order valence-corrected chi connectivity index (χ1v) is 10.2. The van der Waals surface area contributed by atoms with E-state index in [4.69, 9.17) is 4.74 Å². The Morgan fingerprint density at radius 2 is 1.72 bits per heavy atom. The predicted octanol–water partition coefficient (Wildman–Crippen LogP) is 2.40. The second kappa shape index (κ2) is 8.19. The van der Waals surface area contributed by atoms with E-state index < -0.39 is 16.1 Å². The number of carbonyl (C=O) groups is 1. The highest BCUT2D eigenvalue weighted by Gasteiger charge is 2.28.